The Morgan fingerprint density at radius 2 is 1.88 bits per heavy atom. The van der Waals surface area contributed by atoms with Gasteiger partial charge in [0.25, 0.3) is 5.56 Å². The third-order valence-corrected chi connectivity index (χ3v) is 3.64. The predicted molar refractivity (Wildman–Crippen MR) is 90.7 cm³/mol. The lowest BCUT2D eigenvalue weighted by Crippen LogP contribution is -2.11. The van der Waals surface area contributed by atoms with E-state index in [9.17, 15) is 9.18 Å². The summed E-state index contributed by atoms with van der Waals surface area (Å²) in [5.74, 6) is 0.0194. The third kappa shape index (κ3) is 2.99. The lowest BCUT2D eigenvalue weighted by Gasteiger charge is -2.11. The Bertz CT molecular complexity index is 967. The second-order valence-electron chi connectivity index (χ2n) is 5.42. The van der Waals surface area contributed by atoms with E-state index in [2.05, 4.69) is 9.97 Å². The summed E-state index contributed by atoms with van der Waals surface area (Å²) in [6.07, 6.45) is 1.47. The number of rotatable bonds is 3. The van der Waals surface area contributed by atoms with Crippen molar-refractivity contribution in [3.63, 3.8) is 0 Å². The highest BCUT2D eigenvalue weighted by Crippen LogP contribution is 2.31. The zero-order valence-electron chi connectivity index (χ0n) is 13.3. The van der Waals surface area contributed by atoms with E-state index in [1.54, 1.807) is 31.2 Å². The molecule has 0 amide bonds. The molecule has 3 N–H and O–H groups in total. The van der Waals surface area contributed by atoms with Gasteiger partial charge in [-0.3, -0.25) is 9.78 Å². The van der Waals surface area contributed by atoms with Crippen molar-refractivity contribution >= 4 is 5.69 Å². The van der Waals surface area contributed by atoms with Gasteiger partial charge in [-0.15, -0.1) is 0 Å². The summed E-state index contributed by atoms with van der Waals surface area (Å²) in [4.78, 5) is 18.3. The van der Waals surface area contributed by atoms with Gasteiger partial charge in [-0.25, -0.2) is 4.39 Å². The Morgan fingerprint density at radius 3 is 2.58 bits per heavy atom. The molecule has 0 atom stereocenters. The first-order valence-corrected chi connectivity index (χ1v) is 7.35. The number of hydrogen-bond acceptors (Lipinski definition) is 4. The summed E-state index contributed by atoms with van der Waals surface area (Å²) < 4.78 is 20.0. The number of aryl methyl sites for hydroxylation is 2. The zero-order valence-corrected chi connectivity index (χ0v) is 13.3. The van der Waals surface area contributed by atoms with Crippen LogP contribution in [0.3, 0.4) is 0 Å². The van der Waals surface area contributed by atoms with Crippen LogP contribution in [-0.4, -0.2) is 9.97 Å². The molecule has 3 rings (SSSR count). The number of aromatic amines is 1. The molecule has 2 aromatic heterocycles. The van der Waals surface area contributed by atoms with Crippen LogP contribution in [0.4, 0.5) is 10.1 Å². The molecule has 0 aliphatic heterocycles. The molecule has 0 aliphatic rings. The van der Waals surface area contributed by atoms with Crippen LogP contribution >= 0.6 is 0 Å². The second kappa shape index (κ2) is 6.16. The summed E-state index contributed by atoms with van der Waals surface area (Å²) in [6.45, 7) is 3.67. The van der Waals surface area contributed by atoms with E-state index >= 15 is 0 Å². The molecule has 0 unspecified atom stereocenters. The van der Waals surface area contributed by atoms with Gasteiger partial charge in [-0.05, 0) is 49.7 Å². The van der Waals surface area contributed by atoms with Crippen LogP contribution in [0.1, 0.15) is 11.4 Å². The smallest absolute Gasteiger partial charge is 0.271 e. The average molecular weight is 325 g/mol. The first-order valence-electron chi connectivity index (χ1n) is 7.35. The van der Waals surface area contributed by atoms with Crippen molar-refractivity contribution in [2.24, 2.45) is 0 Å². The molecule has 1 aromatic carbocycles. The fourth-order valence-electron chi connectivity index (χ4n) is 2.39. The number of anilines is 1. The molecule has 6 heteroatoms. The number of nitrogen functional groups attached to an aromatic ring is 1. The van der Waals surface area contributed by atoms with E-state index in [0.717, 1.165) is 5.69 Å². The highest BCUT2D eigenvalue weighted by Gasteiger charge is 2.12. The van der Waals surface area contributed by atoms with Crippen molar-refractivity contribution in [2.75, 3.05) is 5.73 Å². The highest BCUT2D eigenvalue weighted by atomic mass is 19.1. The lowest BCUT2D eigenvalue weighted by atomic mass is 10.1. The van der Waals surface area contributed by atoms with Gasteiger partial charge in [0.05, 0.1) is 5.69 Å². The summed E-state index contributed by atoms with van der Waals surface area (Å²) in [5.41, 5.74) is 7.90. The number of nitrogens with two attached hydrogens (primary N) is 1. The number of pyridine rings is 2. The van der Waals surface area contributed by atoms with Crippen molar-refractivity contribution in [1.29, 1.82) is 0 Å². The van der Waals surface area contributed by atoms with Gasteiger partial charge in [-0.2, -0.15) is 0 Å². The van der Waals surface area contributed by atoms with Gasteiger partial charge < -0.3 is 15.5 Å². The first kappa shape index (κ1) is 15.7. The number of nitrogens with one attached hydrogen (secondary N) is 1. The minimum absolute atomic E-state index is 0.0455. The van der Waals surface area contributed by atoms with Crippen LogP contribution in [0.15, 0.2) is 47.4 Å². The molecule has 0 radical (unpaired) electrons. The topological polar surface area (TPSA) is 81.0 Å². The third-order valence-electron chi connectivity index (χ3n) is 3.64. The van der Waals surface area contributed by atoms with Gasteiger partial charge in [0.15, 0.2) is 11.6 Å². The van der Waals surface area contributed by atoms with Crippen LogP contribution in [0.2, 0.25) is 0 Å². The van der Waals surface area contributed by atoms with Crippen LogP contribution in [0.25, 0.3) is 11.1 Å². The summed E-state index contributed by atoms with van der Waals surface area (Å²) in [7, 11) is 0. The number of nitrogens with zero attached hydrogens (tertiary/aromatic N) is 1. The normalized spacial score (nSPS) is 10.6. The van der Waals surface area contributed by atoms with Crippen molar-refractivity contribution in [3.8, 4) is 22.6 Å². The Balaban J connectivity index is 1.95. The Hall–Kier alpha value is -3.15. The van der Waals surface area contributed by atoms with E-state index in [-0.39, 0.29) is 11.4 Å². The van der Waals surface area contributed by atoms with Gasteiger partial charge >= 0.3 is 0 Å². The molecule has 0 fully saturated rings. The monoisotopic (exact) mass is 325 g/mol. The lowest BCUT2D eigenvalue weighted by molar-refractivity contribution is 0.437. The summed E-state index contributed by atoms with van der Waals surface area (Å²) in [6, 6.07) is 9.62. The molecule has 5 nitrogen and oxygen atoms in total. The highest BCUT2D eigenvalue weighted by molar-refractivity contribution is 5.75. The quantitative estimate of drug-likeness (QED) is 0.771. The number of halogens is 1. The number of ether oxygens (including phenoxy) is 1. The number of aromatic nitrogens is 2. The van der Waals surface area contributed by atoms with Crippen LogP contribution in [0, 0.1) is 19.7 Å². The summed E-state index contributed by atoms with van der Waals surface area (Å²) >= 11 is 0. The van der Waals surface area contributed by atoms with Gasteiger partial charge in [0.2, 0.25) is 0 Å². The van der Waals surface area contributed by atoms with Crippen LogP contribution in [0.5, 0.6) is 11.5 Å². The maximum atomic E-state index is 14.4. The number of hydrogen-bond donors (Lipinski definition) is 2. The van der Waals surface area contributed by atoms with Crippen LogP contribution in [-0.2, 0) is 0 Å². The van der Waals surface area contributed by atoms with Crippen LogP contribution < -0.4 is 16.0 Å². The first-order chi connectivity index (χ1) is 11.5. The molecular weight excluding hydrogens is 309 g/mol. The van der Waals surface area contributed by atoms with Gasteiger partial charge in [0, 0.05) is 17.5 Å². The molecular formula is C18H16FN3O2. The van der Waals surface area contributed by atoms with Crippen molar-refractivity contribution in [2.45, 2.75) is 13.8 Å². The largest absolute Gasteiger partial charge is 0.452 e. The van der Waals surface area contributed by atoms with Gasteiger partial charge in [0.1, 0.15) is 11.4 Å². The second-order valence-corrected chi connectivity index (χ2v) is 5.42. The molecule has 0 bridgehead atoms. The minimum atomic E-state index is -0.549. The Morgan fingerprint density at radius 1 is 1.12 bits per heavy atom. The Kier molecular flexibility index (Phi) is 4.04. The van der Waals surface area contributed by atoms with Gasteiger partial charge in [-0.1, -0.05) is 6.07 Å². The zero-order chi connectivity index (χ0) is 17.3. The van der Waals surface area contributed by atoms with Crippen molar-refractivity contribution in [3.05, 3.63) is 70.2 Å². The van der Waals surface area contributed by atoms with Crippen molar-refractivity contribution < 1.29 is 9.13 Å². The van der Waals surface area contributed by atoms with E-state index in [1.807, 2.05) is 6.92 Å². The fourth-order valence-corrected chi connectivity index (χ4v) is 2.39. The summed E-state index contributed by atoms with van der Waals surface area (Å²) in [5, 5.41) is 0. The average Bonchev–Trinajstić information content (AvgIpc) is 2.54. The minimum Gasteiger partial charge on any atom is -0.452 e. The maximum absolute atomic E-state index is 14.4. The molecule has 0 aliphatic carbocycles. The molecule has 2 heterocycles. The molecule has 24 heavy (non-hydrogen) atoms. The number of benzene rings is 1. The standard InChI is InChI=1S/C18H16FN3O2/c1-10-3-5-15(11(2)22-10)24-16-6-4-12(9-14(16)19)13-7-8-21-18(23)17(13)20/h3-9H,20H2,1-2H3,(H,21,23). The molecule has 122 valence electrons. The predicted octanol–water partition coefficient (Wildman–Crippen LogP) is 3.57. The van der Waals surface area contributed by atoms with E-state index in [4.69, 9.17) is 10.5 Å². The molecule has 3 aromatic rings. The van der Waals surface area contributed by atoms with E-state index < -0.39 is 11.4 Å². The van der Waals surface area contributed by atoms with E-state index in [0.29, 0.717) is 22.6 Å². The SMILES string of the molecule is Cc1ccc(Oc2ccc(-c3cc[nH]c(=O)c3N)cc2F)c(C)n1. The van der Waals surface area contributed by atoms with E-state index in [1.165, 1.54) is 18.3 Å². The molecule has 0 saturated carbocycles. The maximum Gasteiger partial charge on any atom is 0.271 e. The Labute approximate surface area is 137 Å². The molecule has 0 spiro atoms. The number of H-pyrrole nitrogens is 1. The fraction of sp³-hybridized carbons (Fsp3) is 0.111. The molecule has 0 saturated heterocycles. The van der Waals surface area contributed by atoms with Crippen molar-refractivity contribution in [1.82, 2.24) is 9.97 Å².